The van der Waals surface area contributed by atoms with Crippen LogP contribution < -0.4 is 5.23 Å². The van der Waals surface area contributed by atoms with Gasteiger partial charge in [-0.2, -0.15) is 0 Å². The van der Waals surface area contributed by atoms with Crippen molar-refractivity contribution in [1.82, 2.24) is 0 Å². The molecule has 0 fully saturated rings. The molecule has 12 heavy (non-hydrogen) atoms. The van der Waals surface area contributed by atoms with Gasteiger partial charge in [0.1, 0.15) is 0 Å². The van der Waals surface area contributed by atoms with Crippen LogP contribution in [0, 0.1) is 0 Å². The van der Waals surface area contributed by atoms with Crippen LogP contribution in [0.5, 0.6) is 0 Å². The van der Waals surface area contributed by atoms with Crippen LogP contribution in [-0.2, 0) is 9.84 Å². The Morgan fingerprint density at radius 2 is 1.75 bits per heavy atom. The Morgan fingerprint density at radius 3 is 2.08 bits per heavy atom. The molecule has 0 bridgehead atoms. The molecule has 1 N–H and O–H groups in total. The van der Waals surface area contributed by atoms with E-state index in [2.05, 4.69) is 5.23 Å². The fourth-order valence-electron chi connectivity index (χ4n) is 0.798. The zero-order valence-corrected chi connectivity index (χ0v) is 7.43. The van der Waals surface area contributed by atoms with Crippen LogP contribution in [0.2, 0.25) is 0 Å². The smallest absolute Gasteiger partial charge is 0.222 e. The number of benzene rings is 1. The summed E-state index contributed by atoms with van der Waals surface area (Å²) in [7, 11) is 2.01. The predicted molar refractivity (Wildman–Crippen MR) is 48.9 cm³/mol. The second-order valence-electron chi connectivity index (χ2n) is 2.44. The van der Waals surface area contributed by atoms with Gasteiger partial charge in [0.2, 0.25) is 7.98 Å². The average Bonchev–Trinajstić information content (AvgIpc) is 2.03. The molecule has 1 aromatic rings. The highest BCUT2D eigenvalue weighted by molar-refractivity contribution is 7.90. The number of sulfone groups is 1. The summed E-state index contributed by atoms with van der Waals surface area (Å²) in [6.45, 7) is 0. The highest BCUT2D eigenvalue weighted by Gasteiger charge is 2.04. The zero-order chi connectivity index (χ0) is 9.19. The van der Waals surface area contributed by atoms with E-state index in [4.69, 9.17) is 7.98 Å². The van der Waals surface area contributed by atoms with Crippen LogP contribution in [0.1, 0.15) is 0 Å². The van der Waals surface area contributed by atoms with E-state index in [0.717, 1.165) is 6.26 Å². The molecule has 1 rings (SSSR count). The predicted octanol–water partition coefficient (Wildman–Crippen LogP) is 0.585. The Balaban J connectivity index is 3.09. The third-order valence-electron chi connectivity index (χ3n) is 1.45. The maximum atomic E-state index is 11.0. The molecule has 62 valence electrons. The quantitative estimate of drug-likeness (QED) is 0.679. The zero-order valence-electron chi connectivity index (χ0n) is 6.61. The first-order valence-corrected chi connectivity index (χ1v) is 5.20. The summed E-state index contributed by atoms with van der Waals surface area (Å²) < 4.78 is 22.0. The largest absolute Gasteiger partial charge is 0.437 e. The number of nitrogens with one attached hydrogen (secondary N) is 1. The van der Waals surface area contributed by atoms with Gasteiger partial charge in [0.25, 0.3) is 0 Å². The van der Waals surface area contributed by atoms with Crippen molar-refractivity contribution in [1.29, 1.82) is 0 Å². The molecule has 0 aliphatic rings. The molecule has 1 aromatic carbocycles. The summed E-state index contributed by atoms with van der Waals surface area (Å²) in [6.07, 6.45) is 1.16. The van der Waals surface area contributed by atoms with Crippen molar-refractivity contribution in [3.63, 3.8) is 0 Å². The van der Waals surface area contributed by atoms with Gasteiger partial charge in [-0.15, -0.1) is 0 Å². The molecule has 0 saturated heterocycles. The number of anilines is 1. The van der Waals surface area contributed by atoms with Crippen LogP contribution in [-0.4, -0.2) is 22.7 Å². The first-order valence-electron chi connectivity index (χ1n) is 3.31. The molecule has 0 amide bonds. The third kappa shape index (κ3) is 2.01. The standard InChI is InChI=1S/C7H8BNO2S/c1-12(10,11)7-4-2-6(9-8)3-5-7/h2-5,9H,1H3. The van der Waals surface area contributed by atoms with Crippen LogP contribution in [0.4, 0.5) is 5.69 Å². The Bertz CT molecular complexity index is 357. The van der Waals surface area contributed by atoms with Crippen molar-refractivity contribution in [3.8, 4) is 0 Å². The lowest BCUT2D eigenvalue weighted by Crippen LogP contribution is -1.97. The van der Waals surface area contributed by atoms with Gasteiger partial charge in [-0.3, -0.25) is 0 Å². The van der Waals surface area contributed by atoms with Crippen molar-refractivity contribution in [2.24, 2.45) is 0 Å². The Morgan fingerprint density at radius 1 is 1.25 bits per heavy atom. The van der Waals surface area contributed by atoms with Gasteiger partial charge in [0, 0.05) is 11.9 Å². The van der Waals surface area contributed by atoms with Gasteiger partial charge >= 0.3 is 0 Å². The molecule has 0 unspecified atom stereocenters. The molecule has 3 nitrogen and oxygen atoms in total. The Labute approximate surface area is 73.1 Å². The highest BCUT2D eigenvalue weighted by Crippen LogP contribution is 2.12. The lowest BCUT2D eigenvalue weighted by Gasteiger charge is -2.00. The van der Waals surface area contributed by atoms with Gasteiger partial charge in [-0.05, 0) is 24.3 Å². The number of hydrogen-bond donors (Lipinski definition) is 1. The molecule has 0 aliphatic carbocycles. The van der Waals surface area contributed by atoms with E-state index in [1.165, 1.54) is 12.1 Å². The normalized spacial score (nSPS) is 11.1. The second-order valence-corrected chi connectivity index (χ2v) is 4.46. The van der Waals surface area contributed by atoms with Crippen LogP contribution in [0.3, 0.4) is 0 Å². The molecule has 0 aromatic heterocycles. The summed E-state index contributed by atoms with van der Waals surface area (Å²) in [4.78, 5) is 0.293. The van der Waals surface area contributed by atoms with Gasteiger partial charge in [0.05, 0.1) is 4.90 Å². The summed E-state index contributed by atoms with van der Waals surface area (Å²) in [5.74, 6) is 0. The van der Waals surface area contributed by atoms with Crippen molar-refractivity contribution in [2.45, 2.75) is 4.90 Å². The molecule has 0 heterocycles. The van der Waals surface area contributed by atoms with Crippen molar-refractivity contribution < 1.29 is 8.42 Å². The van der Waals surface area contributed by atoms with E-state index < -0.39 is 9.84 Å². The lowest BCUT2D eigenvalue weighted by molar-refractivity contribution is 0.602. The lowest BCUT2D eigenvalue weighted by atomic mass is 10.3. The van der Waals surface area contributed by atoms with E-state index in [1.807, 2.05) is 0 Å². The fourth-order valence-corrected chi connectivity index (χ4v) is 1.43. The van der Waals surface area contributed by atoms with Crippen molar-refractivity contribution in [3.05, 3.63) is 24.3 Å². The van der Waals surface area contributed by atoms with Crippen molar-refractivity contribution in [2.75, 3.05) is 11.5 Å². The highest BCUT2D eigenvalue weighted by atomic mass is 32.2. The van der Waals surface area contributed by atoms with E-state index in [9.17, 15) is 8.42 Å². The number of hydrogen-bond acceptors (Lipinski definition) is 3. The first kappa shape index (κ1) is 9.13. The Hall–Kier alpha value is -0.965. The van der Waals surface area contributed by atoms with E-state index in [1.54, 1.807) is 12.1 Å². The van der Waals surface area contributed by atoms with Crippen molar-refractivity contribution >= 4 is 23.5 Å². The molecule has 0 spiro atoms. The van der Waals surface area contributed by atoms with Gasteiger partial charge in [-0.25, -0.2) is 8.42 Å². The van der Waals surface area contributed by atoms with Gasteiger partial charge in [-0.1, -0.05) is 0 Å². The summed E-state index contributed by atoms with van der Waals surface area (Å²) in [5, 5.41) is 2.41. The van der Waals surface area contributed by atoms with E-state index >= 15 is 0 Å². The SMILES string of the molecule is [B]Nc1ccc(S(C)(=O)=O)cc1. The maximum Gasteiger partial charge on any atom is 0.222 e. The molecular weight excluding hydrogens is 173 g/mol. The average molecular weight is 181 g/mol. The van der Waals surface area contributed by atoms with E-state index in [0.29, 0.717) is 10.6 Å². The Kier molecular flexibility index (Phi) is 2.42. The number of rotatable bonds is 2. The second kappa shape index (κ2) is 3.19. The minimum Gasteiger partial charge on any atom is -0.437 e. The molecule has 5 heteroatoms. The van der Waals surface area contributed by atoms with Crippen LogP contribution in [0.25, 0.3) is 0 Å². The summed E-state index contributed by atoms with van der Waals surface area (Å²) in [6, 6.07) is 6.22. The third-order valence-corrected chi connectivity index (χ3v) is 2.58. The molecule has 2 radical (unpaired) electrons. The first-order chi connectivity index (χ1) is 5.54. The molecular formula is C7H8BNO2S. The summed E-state index contributed by atoms with van der Waals surface area (Å²) in [5.41, 5.74) is 0.683. The van der Waals surface area contributed by atoms with E-state index in [-0.39, 0.29) is 0 Å². The van der Waals surface area contributed by atoms with Gasteiger partial charge in [0.15, 0.2) is 9.84 Å². The van der Waals surface area contributed by atoms with Gasteiger partial charge < -0.3 is 5.23 Å². The fraction of sp³-hybridized carbons (Fsp3) is 0.143. The molecule has 0 aliphatic heterocycles. The maximum absolute atomic E-state index is 11.0. The van der Waals surface area contributed by atoms with Crippen LogP contribution >= 0.6 is 0 Å². The monoisotopic (exact) mass is 181 g/mol. The molecule has 0 atom stereocenters. The van der Waals surface area contributed by atoms with Crippen LogP contribution in [0.15, 0.2) is 29.2 Å². The minimum absolute atomic E-state index is 0.293. The summed E-state index contributed by atoms with van der Waals surface area (Å²) >= 11 is 0. The molecule has 0 saturated carbocycles. The minimum atomic E-state index is -3.10. The topological polar surface area (TPSA) is 46.2 Å².